The number of nitrogens with zero attached hydrogens (tertiary/aromatic N) is 2. The second kappa shape index (κ2) is 4.17. The highest BCUT2D eigenvalue weighted by atomic mass is 16.3. The Kier molecular flexibility index (Phi) is 2.53. The van der Waals surface area contributed by atoms with Crippen LogP contribution >= 0.6 is 0 Å². The van der Waals surface area contributed by atoms with E-state index < -0.39 is 0 Å². The summed E-state index contributed by atoms with van der Waals surface area (Å²) in [4.78, 5) is 2.40. The first-order valence-corrected chi connectivity index (χ1v) is 7.22. The van der Waals surface area contributed by atoms with Crippen LogP contribution in [-0.2, 0) is 0 Å². The normalized spacial score (nSPS) is 24.6. The highest BCUT2D eigenvalue weighted by Gasteiger charge is 2.50. The minimum atomic E-state index is -0.00367. The Bertz CT molecular complexity index is 684. The lowest BCUT2D eigenvalue weighted by Crippen LogP contribution is -2.40. The molecule has 4 heteroatoms. The van der Waals surface area contributed by atoms with Crippen LogP contribution in [0.15, 0.2) is 30.4 Å². The van der Waals surface area contributed by atoms with Crippen LogP contribution in [0.3, 0.4) is 0 Å². The Morgan fingerprint density at radius 2 is 2.30 bits per heavy atom. The van der Waals surface area contributed by atoms with Gasteiger partial charge in [0, 0.05) is 17.5 Å². The van der Waals surface area contributed by atoms with E-state index in [4.69, 9.17) is 0 Å². The Morgan fingerprint density at radius 1 is 1.45 bits per heavy atom. The maximum atomic E-state index is 9.69. The number of benzene rings is 1. The summed E-state index contributed by atoms with van der Waals surface area (Å²) < 4.78 is 0. The van der Waals surface area contributed by atoms with E-state index in [1.807, 2.05) is 0 Å². The molecule has 0 spiro atoms. The summed E-state index contributed by atoms with van der Waals surface area (Å²) in [6, 6.07) is 6.59. The van der Waals surface area contributed by atoms with Crippen LogP contribution < -0.4 is 0 Å². The third-order valence-corrected chi connectivity index (χ3v) is 4.72. The van der Waals surface area contributed by atoms with E-state index in [2.05, 4.69) is 52.4 Å². The number of aromatic nitrogens is 2. The summed E-state index contributed by atoms with van der Waals surface area (Å²) in [5.74, 6) is 0. The summed E-state index contributed by atoms with van der Waals surface area (Å²) in [7, 11) is 0. The van der Waals surface area contributed by atoms with Crippen molar-refractivity contribution in [2.45, 2.75) is 31.3 Å². The van der Waals surface area contributed by atoms with E-state index in [1.165, 1.54) is 10.9 Å². The van der Waals surface area contributed by atoms with E-state index in [-0.39, 0.29) is 18.2 Å². The average molecular weight is 269 g/mol. The SMILES string of the molecule is Cc1ccc2c(C3C=CCN3C3(CO)CC3)[nH]nc2c1. The van der Waals surface area contributed by atoms with Gasteiger partial charge in [-0.2, -0.15) is 5.10 Å². The summed E-state index contributed by atoms with van der Waals surface area (Å²) in [6.07, 6.45) is 6.60. The van der Waals surface area contributed by atoms with Gasteiger partial charge in [-0.1, -0.05) is 24.3 Å². The molecule has 0 radical (unpaired) electrons. The van der Waals surface area contributed by atoms with Crippen LogP contribution in [0.2, 0.25) is 0 Å². The van der Waals surface area contributed by atoms with Crippen molar-refractivity contribution in [1.82, 2.24) is 15.1 Å². The minimum absolute atomic E-state index is 0.00367. The second-order valence-electron chi connectivity index (χ2n) is 6.07. The molecule has 1 aromatic heterocycles. The van der Waals surface area contributed by atoms with Crippen LogP contribution in [0, 0.1) is 6.92 Å². The number of aromatic amines is 1. The Morgan fingerprint density at radius 3 is 3.05 bits per heavy atom. The fraction of sp³-hybridized carbons (Fsp3) is 0.438. The molecule has 2 heterocycles. The molecule has 104 valence electrons. The maximum absolute atomic E-state index is 9.69. The van der Waals surface area contributed by atoms with Crippen molar-refractivity contribution in [2.24, 2.45) is 0 Å². The zero-order valence-corrected chi connectivity index (χ0v) is 11.6. The molecule has 2 N–H and O–H groups in total. The molecule has 1 aliphatic heterocycles. The topological polar surface area (TPSA) is 52.1 Å². The maximum Gasteiger partial charge on any atom is 0.0927 e. The number of nitrogens with one attached hydrogen (secondary N) is 1. The van der Waals surface area contributed by atoms with E-state index in [1.54, 1.807) is 0 Å². The molecular weight excluding hydrogens is 250 g/mol. The summed E-state index contributed by atoms with van der Waals surface area (Å²) in [5.41, 5.74) is 3.39. The van der Waals surface area contributed by atoms with Gasteiger partial charge in [-0.15, -0.1) is 0 Å². The number of hydrogen-bond acceptors (Lipinski definition) is 3. The Hall–Kier alpha value is -1.65. The lowest BCUT2D eigenvalue weighted by molar-refractivity contribution is 0.101. The van der Waals surface area contributed by atoms with Gasteiger partial charge in [-0.3, -0.25) is 10.00 Å². The van der Waals surface area contributed by atoms with Gasteiger partial charge >= 0.3 is 0 Å². The lowest BCUT2D eigenvalue weighted by Gasteiger charge is -2.31. The summed E-state index contributed by atoms with van der Waals surface area (Å²) >= 11 is 0. The van der Waals surface area contributed by atoms with Gasteiger partial charge < -0.3 is 5.11 Å². The highest BCUT2D eigenvalue weighted by Crippen LogP contribution is 2.47. The van der Waals surface area contributed by atoms with Gasteiger partial charge in [-0.05, 0) is 31.4 Å². The van der Waals surface area contributed by atoms with Crippen molar-refractivity contribution < 1.29 is 5.11 Å². The molecule has 0 bridgehead atoms. The molecule has 0 amide bonds. The van der Waals surface area contributed by atoms with Crippen molar-refractivity contribution in [3.63, 3.8) is 0 Å². The fourth-order valence-corrected chi connectivity index (χ4v) is 3.31. The lowest BCUT2D eigenvalue weighted by atomic mass is 10.1. The van der Waals surface area contributed by atoms with Crippen molar-refractivity contribution in [1.29, 1.82) is 0 Å². The van der Waals surface area contributed by atoms with Crippen LogP contribution in [0.5, 0.6) is 0 Å². The van der Waals surface area contributed by atoms with Crippen molar-refractivity contribution in [3.05, 3.63) is 41.6 Å². The third kappa shape index (κ3) is 1.65. The molecule has 4 nitrogen and oxygen atoms in total. The van der Waals surface area contributed by atoms with Gasteiger partial charge in [0.05, 0.1) is 23.9 Å². The molecule has 1 saturated carbocycles. The standard InChI is InChI=1S/C16H19N3O/c1-11-4-5-12-13(9-11)17-18-15(12)14-3-2-8-19(14)16(10-20)6-7-16/h2-5,9,14,20H,6-8,10H2,1H3,(H,17,18). The first-order chi connectivity index (χ1) is 9.73. The zero-order chi connectivity index (χ0) is 13.7. The van der Waals surface area contributed by atoms with E-state index >= 15 is 0 Å². The minimum Gasteiger partial charge on any atom is -0.394 e. The molecule has 2 aliphatic rings. The number of fused-ring (bicyclic) bond motifs is 1. The number of rotatable bonds is 3. The largest absolute Gasteiger partial charge is 0.394 e. The smallest absolute Gasteiger partial charge is 0.0927 e. The monoisotopic (exact) mass is 269 g/mol. The van der Waals surface area contributed by atoms with Gasteiger partial charge in [0.1, 0.15) is 0 Å². The molecular formula is C16H19N3O. The van der Waals surface area contributed by atoms with Crippen LogP contribution in [0.4, 0.5) is 0 Å². The predicted octanol–water partition coefficient (Wildman–Crippen LogP) is 2.31. The Labute approximate surface area is 118 Å². The first kappa shape index (κ1) is 12.1. The summed E-state index contributed by atoms with van der Waals surface area (Å²) in [5, 5.41) is 18.5. The number of H-pyrrole nitrogens is 1. The molecule has 1 fully saturated rings. The van der Waals surface area contributed by atoms with E-state index in [0.29, 0.717) is 0 Å². The highest BCUT2D eigenvalue weighted by molar-refractivity contribution is 5.82. The first-order valence-electron chi connectivity index (χ1n) is 7.22. The van der Waals surface area contributed by atoms with E-state index in [0.717, 1.165) is 30.6 Å². The quantitative estimate of drug-likeness (QED) is 0.841. The number of aliphatic hydroxyl groups excluding tert-OH is 1. The van der Waals surface area contributed by atoms with Crippen LogP contribution in [0.1, 0.15) is 30.1 Å². The molecule has 1 aliphatic carbocycles. The molecule has 1 unspecified atom stereocenters. The molecule has 0 saturated heterocycles. The fourth-order valence-electron chi connectivity index (χ4n) is 3.31. The van der Waals surface area contributed by atoms with Gasteiger partial charge in [0.15, 0.2) is 0 Å². The third-order valence-electron chi connectivity index (χ3n) is 4.72. The summed E-state index contributed by atoms with van der Waals surface area (Å²) in [6.45, 7) is 3.24. The molecule has 1 atom stereocenters. The molecule has 20 heavy (non-hydrogen) atoms. The molecule has 1 aromatic carbocycles. The zero-order valence-electron chi connectivity index (χ0n) is 11.6. The predicted molar refractivity (Wildman–Crippen MR) is 78.5 cm³/mol. The van der Waals surface area contributed by atoms with Crippen molar-refractivity contribution >= 4 is 10.9 Å². The van der Waals surface area contributed by atoms with Gasteiger partial charge in [-0.25, -0.2) is 0 Å². The van der Waals surface area contributed by atoms with Crippen LogP contribution in [-0.4, -0.2) is 38.9 Å². The molecule has 4 rings (SSSR count). The van der Waals surface area contributed by atoms with Crippen LogP contribution in [0.25, 0.3) is 10.9 Å². The molecule has 2 aromatic rings. The van der Waals surface area contributed by atoms with Gasteiger partial charge in [0.2, 0.25) is 0 Å². The second-order valence-corrected chi connectivity index (χ2v) is 6.07. The van der Waals surface area contributed by atoms with Crippen molar-refractivity contribution in [2.75, 3.05) is 13.2 Å². The number of hydrogen-bond donors (Lipinski definition) is 2. The Balaban J connectivity index is 1.76. The van der Waals surface area contributed by atoms with E-state index in [9.17, 15) is 5.11 Å². The number of aryl methyl sites for hydroxylation is 1. The van der Waals surface area contributed by atoms with Crippen molar-refractivity contribution in [3.8, 4) is 0 Å². The average Bonchev–Trinajstić information content (AvgIpc) is 2.91. The number of aliphatic hydroxyl groups is 1. The van der Waals surface area contributed by atoms with Gasteiger partial charge in [0.25, 0.3) is 0 Å².